The van der Waals surface area contributed by atoms with Crippen LogP contribution in [0.15, 0.2) is 54.2 Å². The van der Waals surface area contributed by atoms with Crippen molar-refractivity contribution in [2.75, 3.05) is 13.1 Å². The Bertz CT molecular complexity index is 1540. The standard InChI is InChI=1S/C33H35F5N4O2/c1-6-19(2)31(24-9-7-10-25(17-24)33(36,37)38)41-44-21(4)30-20(3)39-22(5)40-32(30)23-13-15-42(16-14-23)29(43)18-26-27(34)11-8-12-28(26)35/h7-12,17,19,23H,4,6,13-16,18H2,1-3,5H3/b41-31+. The van der Waals surface area contributed by atoms with Crippen molar-refractivity contribution in [3.05, 3.63) is 100 Å². The van der Waals surface area contributed by atoms with Gasteiger partial charge in [0.25, 0.3) is 0 Å². The molecule has 1 aliphatic rings. The van der Waals surface area contributed by atoms with Crippen molar-refractivity contribution < 1.29 is 31.6 Å². The lowest BCUT2D eigenvalue weighted by atomic mass is 9.89. The molecule has 6 nitrogen and oxygen atoms in total. The molecule has 0 bridgehead atoms. The Labute approximate surface area is 253 Å². The van der Waals surface area contributed by atoms with Crippen LogP contribution >= 0.6 is 0 Å². The smallest absolute Gasteiger partial charge is 0.357 e. The Morgan fingerprint density at radius 2 is 1.73 bits per heavy atom. The number of piperidine rings is 1. The van der Waals surface area contributed by atoms with E-state index in [9.17, 15) is 26.7 Å². The van der Waals surface area contributed by atoms with Crippen LogP contribution in [-0.4, -0.2) is 39.6 Å². The number of likely N-dealkylation sites (tertiary alicyclic amines) is 1. The van der Waals surface area contributed by atoms with Crippen LogP contribution in [0.3, 0.4) is 0 Å². The molecule has 2 aromatic carbocycles. The zero-order valence-electron chi connectivity index (χ0n) is 25.1. The largest absolute Gasteiger partial charge is 0.416 e. The lowest BCUT2D eigenvalue weighted by molar-refractivity contribution is -0.137. The molecule has 2 heterocycles. The fourth-order valence-corrected chi connectivity index (χ4v) is 5.37. The average molecular weight is 615 g/mol. The van der Waals surface area contributed by atoms with Gasteiger partial charge in [-0.25, -0.2) is 18.7 Å². The predicted octanol–water partition coefficient (Wildman–Crippen LogP) is 7.78. The summed E-state index contributed by atoms with van der Waals surface area (Å²) in [6, 6.07) is 8.48. The van der Waals surface area contributed by atoms with Gasteiger partial charge in [-0.15, -0.1) is 0 Å². The van der Waals surface area contributed by atoms with Crippen molar-refractivity contribution in [1.82, 2.24) is 14.9 Å². The number of benzene rings is 2. The summed E-state index contributed by atoms with van der Waals surface area (Å²) < 4.78 is 68.4. The van der Waals surface area contributed by atoms with Crippen molar-refractivity contribution in [2.45, 2.75) is 65.5 Å². The molecule has 234 valence electrons. The minimum absolute atomic E-state index is 0.0959. The first-order chi connectivity index (χ1) is 20.8. The summed E-state index contributed by atoms with van der Waals surface area (Å²) in [4.78, 5) is 29.4. The van der Waals surface area contributed by atoms with E-state index in [2.05, 4.69) is 21.7 Å². The van der Waals surface area contributed by atoms with E-state index in [1.807, 2.05) is 13.8 Å². The van der Waals surface area contributed by atoms with Gasteiger partial charge in [0.05, 0.1) is 34.6 Å². The predicted molar refractivity (Wildman–Crippen MR) is 158 cm³/mol. The molecule has 1 amide bonds. The molecule has 0 spiro atoms. The van der Waals surface area contributed by atoms with Crippen LogP contribution in [0.5, 0.6) is 0 Å². The van der Waals surface area contributed by atoms with Gasteiger partial charge in [-0.2, -0.15) is 13.2 Å². The zero-order chi connectivity index (χ0) is 32.2. The van der Waals surface area contributed by atoms with Gasteiger partial charge in [-0.1, -0.05) is 43.8 Å². The molecule has 0 N–H and O–H groups in total. The van der Waals surface area contributed by atoms with Gasteiger partial charge in [0.1, 0.15) is 17.5 Å². The number of hydrogen-bond acceptors (Lipinski definition) is 5. The monoisotopic (exact) mass is 614 g/mol. The number of aryl methyl sites for hydroxylation is 2. The second-order valence-corrected chi connectivity index (χ2v) is 11.0. The highest BCUT2D eigenvalue weighted by atomic mass is 19.4. The molecule has 0 radical (unpaired) electrons. The van der Waals surface area contributed by atoms with Crippen LogP contribution in [0.4, 0.5) is 22.0 Å². The number of oxime groups is 1. The second kappa shape index (κ2) is 13.7. The molecule has 4 rings (SSSR count). The summed E-state index contributed by atoms with van der Waals surface area (Å²) in [5, 5.41) is 4.28. The molecule has 0 aliphatic carbocycles. The van der Waals surface area contributed by atoms with E-state index < -0.39 is 23.4 Å². The van der Waals surface area contributed by atoms with Crippen LogP contribution in [0.25, 0.3) is 5.76 Å². The third kappa shape index (κ3) is 7.49. The number of rotatable bonds is 9. The Kier molecular flexibility index (Phi) is 10.2. The first kappa shape index (κ1) is 32.8. The molecular formula is C33H35F5N4O2. The third-order valence-corrected chi connectivity index (χ3v) is 7.95. The van der Waals surface area contributed by atoms with Crippen molar-refractivity contribution in [1.29, 1.82) is 0 Å². The number of carbonyl (C=O) groups is 1. The average Bonchev–Trinajstić information content (AvgIpc) is 2.98. The SMILES string of the molecule is C=C(O/N=C(/c1cccc(C(F)(F)F)c1)C(C)CC)c1c(C)nc(C)nc1C1CCN(C(=O)Cc2c(F)cccc2F)CC1. The fraction of sp³-hybridized carbons (Fsp3) is 0.394. The molecule has 11 heteroatoms. The number of alkyl halides is 3. The number of nitrogens with zero attached hydrogens (tertiary/aromatic N) is 4. The van der Waals surface area contributed by atoms with Gasteiger partial charge in [0.2, 0.25) is 5.91 Å². The van der Waals surface area contributed by atoms with E-state index in [1.165, 1.54) is 12.1 Å². The second-order valence-electron chi connectivity index (χ2n) is 11.0. The summed E-state index contributed by atoms with van der Waals surface area (Å²) in [6.07, 6.45) is -3.18. The van der Waals surface area contributed by atoms with Crippen LogP contribution in [0.1, 0.15) is 78.5 Å². The highest BCUT2D eigenvalue weighted by Crippen LogP contribution is 2.35. The van der Waals surface area contributed by atoms with Gasteiger partial charge in [-0.05, 0) is 57.4 Å². The van der Waals surface area contributed by atoms with Crippen molar-refractivity contribution in [3.8, 4) is 0 Å². The van der Waals surface area contributed by atoms with Crippen molar-refractivity contribution >= 4 is 17.4 Å². The fourth-order valence-electron chi connectivity index (χ4n) is 5.37. The summed E-state index contributed by atoms with van der Waals surface area (Å²) >= 11 is 0. The van der Waals surface area contributed by atoms with E-state index in [-0.39, 0.29) is 35.5 Å². The number of halogens is 5. The molecule has 1 aliphatic heterocycles. The molecule has 1 saturated heterocycles. The zero-order valence-corrected chi connectivity index (χ0v) is 25.1. The summed E-state index contributed by atoms with van der Waals surface area (Å²) in [5.74, 6) is -1.49. The van der Waals surface area contributed by atoms with Crippen LogP contribution < -0.4 is 0 Å². The van der Waals surface area contributed by atoms with Gasteiger partial charge in [0, 0.05) is 36.1 Å². The van der Waals surface area contributed by atoms with Gasteiger partial charge in [0.15, 0.2) is 5.76 Å². The van der Waals surface area contributed by atoms with E-state index in [4.69, 9.17) is 4.84 Å². The molecule has 1 unspecified atom stereocenters. The van der Waals surface area contributed by atoms with Crippen LogP contribution in [0.2, 0.25) is 0 Å². The van der Waals surface area contributed by atoms with E-state index in [1.54, 1.807) is 24.8 Å². The highest BCUT2D eigenvalue weighted by molar-refractivity contribution is 6.02. The molecular weight excluding hydrogens is 579 g/mol. The first-order valence-electron chi connectivity index (χ1n) is 14.5. The number of amides is 1. The van der Waals surface area contributed by atoms with Crippen LogP contribution in [-0.2, 0) is 22.2 Å². The molecule has 0 saturated carbocycles. The maximum Gasteiger partial charge on any atom is 0.416 e. The molecule has 1 atom stereocenters. The topological polar surface area (TPSA) is 67.7 Å². The number of aromatic nitrogens is 2. The Balaban J connectivity index is 1.54. The molecule has 44 heavy (non-hydrogen) atoms. The minimum atomic E-state index is -4.50. The Hall–Kier alpha value is -4.15. The quantitative estimate of drug-likeness (QED) is 0.107. The van der Waals surface area contributed by atoms with Gasteiger partial charge < -0.3 is 9.74 Å². The summed E-state index contributed by atoms with van der Waals surface area (Å²) in [6.45, 7) is 12.1. The van der Waals surface area contributed by atoms with E-state index in [0.29, 0.717) is 66.4 Å². The minimum Gasteiger partial charge on any atom is -0.357 e. The van der Waals surface area contributed by atoms with E-state index >= 15 is 0 Å². The van der Waals surface area contributed by atoms with Crippen molar-refractivity contribution in [2.24, 2.45) is 11.1 Å². The van der Waals surface area contributed by atoms with Crippen LogP contribution in [0, 0.1) is 31.4 Å². The van der Waals surface area contributed by atoms with Crippen molar-refractivity contribution in [3.63, 3.8) is 0 Å². The van der Waals surface area contributed by atoms with Gasteiger partial charge >= 0.3 is 6.18 Å². The molecule has 3 aromatic rings. The lowest BCUT2D eigenvalue weighted by Crippen LogP contribution is -2.39. The number of carbonyl (C=O) groups excluding carboxylic acids is 1. The number of hydrogen-bond donors (Lipinski definition) is 0. The maximum atomic E-state index is 14.1. The highest BCUT2D eigenvalue weighted by Gasteiger charge is 2.32. The molecule has 1 aromatic heterocycles. The lowest BCUT2D eigenvalue weighted by Gasteiger charge is -2.33. The third-order valence-electron chi connectivity index (χ3n) is 7.95. The first-order valence-corrected chi connectivity index (χ1v) is 14.5. The maximum absolute atomic E-state index is 14.1. The normalized spacial score (nSPS) is 15.3. The molecule has 1 fully saturated rings. The Morgan fingerprint density at radius 1 is 1.09 bits per heavy atom. The summed E-state index contributed by atoms with van der Waals surface area (Å²) in [5.41, 5.74) is 1.44. The van der Waals surface area contributed by atoms with Gasteiger partial charge in [-0.3, -0.25) is 4.79 Å². The van der Waals surface area contributed by atoms with E-state index in [0.717, 1.165) is 24.3 Å². The Morgan fingerprint density at radius 3 is 2.34 bits per heavy atom. The summed E-state index contributed by atoms with van der Waals surface area (Å²) in [7, 11) is 0.